The molecule has 1 rings (SSSR count). The summed E-state index contributed by atoms with van der Waals surface area (Å²) in [7, 11) is 1.67. The molecule has 0 fully saturated rings. The molecule has 5 heteroatoms. The van der Waals surface area contributed by atoms with Crippen LogP contribution in [0.4, 0.5) is 0 Å². The van der Waals surface area contributed by atoms with E-state index in [1.807, 2.05) is 12.3 Å². The molecule has 0 bridgehead atoms. The quantitative estimate of drug-likeness (QED) is 0.594. The van der Waals surface area contributed by atoms with Crippen LogP contribution in [0.25, 0.3) is 0 Å². The van der Waals surface area contributed by atoms with Gasteiger partial charge in [0, 0.05) is 44.6 Å². The van der Waals surface area contributed by atoms with Crippen molar-refractivity contribution in [3.63, 3.8) is 0 Å². The molecule has 0 aromatic carbocycles. The van der Waals surface area contributed by atoms with Crippen molar-refractivity contribution in [2.75, 3.05) is 40.1 Å². The summed E-state index contributed by atoms with van der Waals surface area (Å²) in [6.45, 7) is 6.56. The first kappa shape index (κ1) is 16.9. The van der Waals surface area contributed by atoms with Gasteiger partial charge in [0.15, 0.2) is 0 Å². The third-order valence-electron chi connectivity index (χ3n) is 2.72. The van der Waals surface area contributed by atoms with Gasteiger partial charge in [0.05, 0.1) is 19.8 Å². The molecule has 0 saturated carbocycles. The molecule has 1 heterocycles. The molecule has 1 aromatic rings. The highest BCUT2D eigenvalue weighted by Gasteiger charge is 2.03. The molecule has 0 aliphatic carbocycles. The zero-order valence-electron chi connectivity index (χ0n) is 12.6. The van der Waals surface area contributed by atoms with E-state index in [2.05, 4.69) is 17.2 Å². The smallest absolute Gasteiger partial charge is 0.126 e. The third kappa shape index (κ3) is 7.43. The Labute approximate surface area is 121 Å². The molecule has 0 spiro atoms. The average molecular weight is 282 g/mol. The van der Waals surface area contributed by atoms with Crippen LogP contribution in [-0.4, -0.2) is 45.1 Å². The van der Waals surface area contributed by atoms with Gasteiger partial charge < -0.3 is 19.5 Å². The van der Waals surface area contributed by atoms with Crippen molar-refractivity contribution in [3.8, 4) is 5.75 Å². The Morgan fingerprint density at radius 3 is 2.90 bits per heavy atom. The highest BCUT2D eigenvalue weighted by atomic mass is 16.5. The fraction of sp³-hybridized carbons (Fsp3) is 0.667. The van der Waals surface area contributed by atoms with Gasteiger partial charge >= 0.3 is 0 Å². The van der Waals surface area contributed by atoms with E-state index >= 15 is 0 Å². The van der Waals surface area contributed by atoms with E-state index in [1.165, 1.54) is 0 Å². The molecule has 0 saturated heterocycles. The Hall–Kier alpha value is -1.17. The van der Waals surface area contributed by atoms with Gasteiger partial charge in [-0.05, 0) is 19.0 Å². The molecular weight excluding hydrogens is 256 g/mol. The summed E-state index contributed by atoms with van der Waals surface area (Å²) in [6.07, 6.45) is 5.60. The third-order valence-corrected chi connectivity index (χ3v) is 2.72. The number of ether oxygens (including phenoxy) is 3. The normalized spacial score (nSPS) is 10.7. The van der Waals surface area contributed by atoms with Gasteiger partial charge in [-0.15, -0.1) is 0 Å². The molecule has 5 nitrogen and oxygen atoms in total. The first-order valence-electron chi connectivity index (χ1n) is 7.21. The van der Waals surface area contributed by atoms with Crippen LogP contribution in [-0.2, 0) is 16.0 Å². The standard InChI is InChI=1S/C15H26N2O3/c1-3-6-16-12-14-13-17-7-5-15(14)20-9-4-8-19-11-10-18-2/h5,7,13,16H,3-4,6,8-12H2,1-2H3. The number of methoxy groups -OCH3 is 1. The molecule has 0 unspecified atom stereocenters. The van der Waals surface area contributed by atoms with E-state index < -0.39 is 0 Å². The van der Waals surface area contributed by atoms with Crippen LogP contribution in [0, 0.1) is 0 Å². The lowest BCUT2D eigenvalue weighted by atomic mass is 10.2. The van der Waals surface area contributed by atoms with E-state index in [-0.39, 0.29) is 0 Å². The first-order valence-corrected chi connectivity index (χ1v) is 7.21. The van der Waals surface area contributed by atoms with Crippen molar-refractivity contribution in [1.29, 1.82) is 0 Å². The van der Waals surface area contributed by atoms with Gasteiger partial charge in [-0.3, -0.25) is 4.98 Å². The van der Waals surface area contributed by atoms with E-state index in [0.717, 1.165) is 37.2 Å². The predicted molar refractivity (Wildman–Crippen MR) is 79.0 cm³/mol. The Morgan fingerprint density at radius 2 is 2.10 bits per heavy atom. The molecule has 114 valence electrons. The molecule has 0 amide bonds. The maximum absolute atomic E-state index is 5.78. The number of hydrogen-bond donors (Lipinski definition) is 1. The number of hydrogen-bond acceptors (Lipinski definition) is 5. The summed E-state index contributed by atoms with van der Waals surface area (Å²) in [4.78, 5) is 4.14. The van der Waals surface area contributed by atoms with Gasteiger partial charge in [-0.25, -0.2) is 0 Å². The van der Waals surface area contributed by atoms with Crippen LogP contribution in [0.3, 0.4) is 0 Å². The van der Waals surface area contributed by atoms with E-state index in [0.29, 0.717) is 26.4 Å². The summed E-state index contributed by atoms with van der Waals surface area (Å²) in [5.74, 6) is 0.903. The van der Waals surface area contributed by atoms with Crippen LogP contribution in [0.5, 0.6) is 5.75 Å². The largest absolute Gasteiger partial charge is 0.493 e. The number of rotatable bonds is 12. The van der Waals surface area contributed by atoms with Crippen molar-refractivity contribution in [2.45, 2.75) is 26.3 Å². The number of pyridine rings is 1. The van der Waals surface area contributed by atoms with Crippen LogP contribution < -0.4 is 10.1 Å². The summed E-state index contributed by atoms with van der Waals surface area (Å²) in [6, 6.07) is 1.91. The highest BCUT2D eigenvalue weighted by molar-refractivity contribution is 5.29. The Kier molecular flexibility index (Phi) is 9.83. The summed E-state index contributed by atoms with van der Waals surface area (Å²) in [5, 5.41) is 3.36. The second kappa shape index (κ2) is 11.6. The fourth-order valence-electron chi connectivity index (χ4n) is 1.68. The highest BCUT2D eigenvalue weighted by Crippen LogP contribution is 2.16. The maximum atomic E-state index is 5.78. The molecule has 1 N–H and O–H groups in total. The van der Waals surface area contributed by atoms with E-state index in [9.17, 15) is 0 Å². The SMILES string of the molecule is CCCNCc1cnccc1OCCCOCCOC. The minimum atomic E-state index is 0.637. The van der Waals surface area contributed by atoms with Crippen molar-refractivity contribution in [1.82, 2.24) is 10.3 Å². The van der Waals surface area contributed by atoms with Gasteiger partial charge in [-0.1, -0.05) is 6.92 Å². The summed E-state index contributed by atoms with van der Waals surface area (Å²) < 4.78 is 16.1. The zero-order valence-corrected chi connectivity index (χ0v) is 12.6. The van der Waals surface area contributed by atoms with Gasteiger partial charge in [0.1, 0.15) is 5.75 Å². The molecule has 1 aromatic heterocycles. The maximum Gasteiger partial charge on any atom is 0.126 e. The second-order valence-electron chi connectivity index (χ2n) is 4.47. The van der Waals surface area contributed by atoms with Gasteiger partial charge in [0.25, 0.3) is 0 Å². The monoisotopic (exact) mass is 282 g/mol. The summed E-state index contributed by atoms with van der Waals surface area (Å²) in [5.41, 5.74) is 1.10. The number of aromatic nitrogens is 1. The summed E-state index contributed by atoms with van der Waals surface area (Å²) >= 11 is 0. The average Bonchev–Trinajstić information content (AvgIpc) is 2.48. The predicted octanol–water partition coefficient (Wildman–Crippen LogP) is 2.01. The Bertz CT molecular complexity index is 348. The van der Waals surface area contributed by atoms with E-state index in [4.69, 9.17) is 14.2 Å². The minimum absolute atomic E-state index is 0.637. The lowest BCUT2D eigenvalue weighted by molar-refractivity contribution is 0.0644. The molecular formula is C15H26N2O3. The first-order chi connectivity index (χ1) is 9.88. The van der Waals surface area contributed by atoms with Crippen molar-refractivity contribution in [3.05, 3.63) is 24.0 Å². The molecule has 0 atom stereocenters. The van der Waals surface area contributed by atoms with Crippen LogP contribution in [0.15, 0.2) is 18.5 Å². The second-order valence-corrected chi connectivity index (χ2v) is 4.47. The van der Waals surface area contributed by atoms with E-state index in [1.54, 1.807) is 13.3 Å². The van der Waals surface area contributed by atoms with Gasteiger partial charge in [0.2, 0.25) is 0 Å². The lowest BCUT2D eigenvalue weighted by Gasteiger charge is -2.11. The van der Waals surface area contributed by atoms with Crippen molar-refractivity contribution < 1.29 is 14.2 Å². The fourth-order valence-corrected chi connectivity index (χ4v) is 1.68. The molecule has 0 aliphatic heterocycles. The van der Waals surface area contributed by atoms with Crippen LogP contribution in [0.2, 0.25) is 0 Å². The molecule has 0 radical (unpaired) electrons. The topological polar surface area (TPSA) is 52.6 Å². The number of nitrogens with zero attached hydrogens (tertiary/aromatic N) is 1. The van der Waals surface area contributed by atoms with Crippen LogP contribution >= 0.6 is 0 Å². The number of nitrogens with one attached hydrogen (secondary N) is 1. The Balaban J connectivity index is 2.21. The van der Waals surface area contributed by atoms with Crippen LogP contribution in [0.1, 0.15) is 25.3 Å². The van der Waals surface area contributed by atoms with Crippen molar-refractivity contribution >= 4 is 0 Å². The van der Waals surface area contributed by atoms with Crippen molar-refractivity contribution in [2.24, 2.45) is 0 Å². The molecule has 20 heavy (non-hydrogen) atoms. The van der Waals surface area contributed by atoms with Gasteiger partial charge in [-0.2, -0.15) is 0 Å². The lowest BCUT2D eigenvalue weighted by Crippen LogP contribution is -2.15. The zero-order chi connectivity index (χ0) is 14.5. The minimum Gasteiger partial charge on any atom is -0.493 e. The Morgan fingerprint density at radius 1 is 1.20 bits per heavy atom. The molecule has 0 aliphatic rings.